The van der Waals surface area contributed by atoms with Crippen molar-refractivity contribution in [3.8, 4) is 0 Å². The average molecular weight is 464 g/mol. The number of nitrogens with one attached hydrogen (secondary N) is 2. The van der Waals surface area contributed by atoms with Crippen molar-refractivity contribution in [2.45, 2.75) is 22.1 Å². The number of imidazole rings is 2. The van der Waals surface area contributed by atoms with E-state index in [4.69, 9.17) is 11.5 Å². The Morgan fingerprint density at radius 2 is 1.03 bits per heavy atom. The van der Waals surface area contributed by atoms with Crippen LogP contribution in [0.4, 0.5) is 38.2 Å². The van der Waals surface area contributed by atoms with Crippen LogP contribution in [0.1, 0.15) is 11.1 Å². The van der Waals surface area contributed by atoms with Gasteiger partial charge in [0.2, 0.25) is 0 Å². The van der Waals surface area contributed by atoms with Crippen LogP contribution >= 0.6 is 21.6 Å². The van der Waals surface area contributed by atoms with Crippen LogP contribution in [0.2, 0.25) is 0 Å². The van der Waals surface area contributed by atoms with E-state index in [9.17, 15) is 26.3 Å². The Kier molecular flexibility index (Phi) is 4.73. The van der Waals surface area contributed by atoms with Crippen molar-refractivity contribution in [3.63, 3.8) is 0 Å². The molecule has 2 aromatic carbocycles. The largest absolute Gasteiger partial charge is 0.417 e. The lowest BCUT2D eigenvalue weighted by atomic mass is 10.2. The summed E-state index contributed by atoms with van der Waals surface area (Å²) in [6.07, 6.45) is -9.46. The predicted octanol–water partition coefficient (Wildman–Crippen LogP) is 5.44. The second-order valence-electron chi connectivity index (χ2n) is 6.14. The van der Waals surface area contributed by atoms with Gasteiger partial charge in [0.25, 0.3) is 0 Å². The highest BCUT2D eigenvalue weighted by Crippen LogP contribution is 2.48. The van der Waals surface area contributed by atoms with Gasteiger partial charge in [-0.3, -0.25) is 0 Å². The third-order valence-electron chi connectivity index (χ3n) is 4.04. The molecule has 0 saturated carbocycles. The summed E-state index contributed by atoms with van der Waals surface area (Å²) in [5, 5.41) is 0. The molecule has 2 heterocycles. The van der Waals surface area contributed by atoms with E-state index in [2.05, 4.69) is 19.9 Å². The van der Waals surface area contributed by atoms with E-state index in [0.29, 0.717) is 21.6 Å². The summed E-state index contributed by atoms with van der Waals surface area (Å²) < 4.78 is 81.0. The molecule has 0 amide bonds. The second-order valence-corrected chi connectivity index (χ2v) is 8.35. The molecule has 30 heavy (non-hydrogen) atoms. The molecule has 4 rings (SSSR count). The van der Waals surface area contributed by atoms with Crippen LogP contribution in [0.25, 0.3) is 22.1 Å². The number of nitrogen functional groups attached to an aromatic ring is 2. The van der Waals surface area contributed by atoms with Crippen LogP contribution in [-0.4, -0.2) is 19.9 Å². The highest BCUT2D eigenvalue weighted by Gasteiger charge is 2.36. The van der Waals surface area contributed by atoms with Gasteiger partial charge in [0.05, 0.1) is 33.2 Å². The van der Waals surface area contributed by atoms with Crippen LogP contribution in [0.15, 0.2) is 34.1 Å². The molecule has 0 unspecified atom stereocenters. The van der Waals surface area contributed by atoms with Gasteiger partial charge in [0.15, 0.2) is 11.9 Å². The predicted molar refractivity (Wildman–Crippen MR) is 103 cm³/mol. The minimum absolute atomic E-state index is 0.0681. The summed E-state index contributed by atoms with van der Waals surface area (Å²) in [4.78, 5) is 12.1. The van der Waals surface area contributed by atoms with Gasteiger partial charge < -0.3 is 21.4 Å². The second kappa shape index (κ2) is 6.91. The Balaban J connectivity index is 1.77. The maximum atomic E-state index is 13.5. The van der Waals surface area contributed by atoms with Gasteiger partial charge in [0.1, 0.15) is 0 Å². The van der Waals surface area contributed by atoms with Crippen molar-refractivity contribution in [1.82, 2.24) is 19.9 Å². The minimum Gasteiger partial charge on any atom is -0.369 e. The fraction of sp³-hybridized carbons (Fsp3) is 0.125. The SMILES string of the molecule is Nc1nc2cc(SSc3cc4nc(N)[nH]c4cc3C(F)(F)F)c(C(F)(F)F)cc2[nH]1. The van der Waals surface area contributed by atoms with Crippen LogP contribution < -0.4 is 11.5 Å². The highest BCUT2D eigenvalue weighted by molar-refractivity contribution is 8.76. The molecule has 0 aliphatic rings. The number of nitrogens with two attached hydrogens (primary N) is 2. The van der Waals surface area contributed by atoms with Gasteiger partial charge in [0, 0.05) is 9.79 Å². The van der Waals surface area contributed by atoms with Crippen molar-refractivity contribution >= 4 is 55.6 Å². The van der Waals surface area contributed by atoms with Gasteiger partial charge in [-0.2, -0.15) is 26.3 Å². The molecule has 0 fully saturated rings. The molecule has 0 aliphatic carbocycles. The Morgan fingerprint density at radius 3 is 1.37 bits per heavy atom. The molecule has 6 nitrogen and oxygen atoms in total. The average Bonchev–Trinajstić information content (AvgIpc) is 3.15. The van der Waals surface area contributed by atoms with E-state index in [1.807, 2.05) is 0 Å². The fourth-order valence-corrected chi connectivity index (χ4v) is 5.18. The lowest BCUT2D eigenvalue weighted by Gasteiger charge is -2.14. The number of H-pyrrole nitrogens is 2. The van der Waals surface area contributed by atoms with Crippen LogP contribution in [0, 0.1) is 0 Å². The Hall–Kier alpha value is -2.74. The van der Waals surface area contributed by atoms with E-state index in [-0.39, 0.29) is 43.8 Å². The first-order chi connectivity index (χ1) is 13.9. The number of anilines is 2. The van der Waals surface area contributed by atoms with Crippen LogP contribution in [0.3, 0.4) is 0 Å². The number of hydrogen-bond acceptors (Lipinski definition) is 6. The monoisotopic (exact) mass is 464 g/mol. The highest BCUT2D eigenvalue weighted by atomic mass is 33.1. The zero-order valence-corrected chi connectivity index (χ0v) is 16.1. The number of fused-ring (bicyclic) bond motifs is 2. The van der Waals surface area contributed by atoms with Crippen LogP contribution in [0.5, 0.6) is 0 Å². The Morgan fingerprint density at radius 1 is 0.667 bits per heavy atom. The Labute approximate surface area is 171 Å². The molecular formula is C16H10F6N6S2. The lowest BCUT2D eigenvalue weighted by molar-refractivity contribution is -0.140. The van der Waals surface area contributed by atoms with Gasteiger partial charge in [-0.05, 0) is 24.3 Å². The van der Waals surface area contributed by atoms with Crippen molar-refractivity contribution < 1.29 is 26.3 Å². The van der Waals surface area contributed by atoms with Crippen LogP contribution in [-0.2, 0) is 12.4 Å². The van der Waals surface area contributed by atoms with Gasteiger partial charge in [-0.25, -0.2) is 9.97 Å². The number of halogens is 6. The molecule has 0 radical (unpaired) electrons. The van der Waals surface area contributed by atoms with Gasteiger partial charge in [-0.15, -0.1) is 0 Å². The molecule has 6 N–H and O–H groups in total. The summed E-state index contributed by atoms with van der Waals surface area (Å²) in [6.45, 7) is 0. The molecule has 4 aromatic rings. The standard InChI is InChI=1S/C16H10F6N6S2/c17-15(18,19)5-1-7-9(27-13(23)25-7)3-11(5)29-30-12-4-10-8(26-14(24)28-10)2-6(12)16(20,21)22/h1-4H,(H3,23,25,27)(H3,24,26,28). The van der Waals surface area contributed by atoms with Gasteiger partial charge >= 0.3 is 12.4 Å². The molecular weight excluding hydrogens is 454 g/mol. The lowest BCUT2D eigenvalue weighted by Crippen LogP contribution is -2.07. The topological polar surface area (TPSA) is 109 Å². The number of aromatic nitrogens is 4. The maximum absolute atomic E-state index is 13.5. The molecule has 0 saturated heterocycles. The number of nitrogens with zero attached hydrogens (tertiary/aromatic N) is 2. The zero-order chi connectivity index (χ0) is 21.8. The maximum Gasteiger partial charge on any atom is 0.417 e. The van der Waals surface area contributed by atoms with Crippen molar-refractivity contribution in [3.05, 3.63) is 35.4 Å². The summed E-state index contributed by atoms with van der Waals surface area (Å²) in [5.74, 6) is -0.150. The number of alkyl halides is 6. The number of aromatic amines is 2. The number of hydrogen-bond donors (Lipinski definition) is 4. The van der Waals surface area contributed by atoms with E-state index in [1.165, 1.54) is 0 Å². The summed E-state index contributed by atoms with van der Waals surface area (Å²) in [5.41, 5.74) is 9.39. The smallest absolute Gasteiger partial charge is 0.369 e. The number of rotatable bonds is 3. The van der Waals surface area contributed by atoms with Crippen molar-refractivity contribution in [1.29, 1.82) is 0 Å². The third-order valence-corrected chi connectivity index (χ3v) is 6.48. The molecule has 0 spiro atoms. The molecule has 0 aliphatic heterocycles. The first-order valence-corrected chi connectivity index (χ1v) is 10.1. The van der Waals surface area contributed by atoms with E-state index in [1.54, 1.807) is 0 Å². The summed E-state index contributed by atoms with van der Waals surface area (Å²) >= 11 is 0. The van der Waals surface area contributed by atoms with E-state index in [0.717, 1.165) is 24.3 Å². The molecule has 2 aromatic heterocycles. The fourth-order valence-electron chi connectivity index (χ4n) is 2.79. The van der Waals surface area contributed by atoms with E-state index < -0.39 is 23.5 Å². The van der Waals surface area contributed by atoms with Gasteiger partial charge in [-0.1, -0.05) is 21.6 Å². The summed E-state index contributed by atoms with van der Waals surface area (Å²) in [6, 6.07) is 3.90. The van der Waals surface area contributed by atoms with Crippen molar-refractivity contribution in [2.75, 3.05) is 11.5 Å². The molecule has 158 valence electrons. The molecule has 0 bridgehead atoms. The Bertz CT molecular complexity index is 1160. The summed E-state index contributed by atoms with van der Waals surface area (Å²) in [7, 11) is 1.06. The quantitative estimate of drug-likeness (QED) is 0.237. The molecule has 0 atom stereocenters. The van der Waals surface area contributed by atoms with Crippen molar-refractivity contribution in [2.24, 2.45) is 0 Å². The third kappa shape index (κ3) is 3.84. The first-order valence-electron chi connectivity index (χ1n) is 7.99. The number of benzene rings is 2. The zero-order valence-electron chi connectivity index (χ0n) is 14.4. The minimum atomic E-state index is -4.73. The molecule has 14 heteroatoms. The van der Waals surface area contributed by atoms with E-state index >= 15 is 0 Å². The normalized spacial score (nSPS) is 12.9. The first kappa shape index (κ1) is 20.5.